The fourth-order valence-corrected chi connectivity index (χ4v) is 2.80. The molecular weight excluding hydrogens is 196 g/mol. The summed E-state index contributed by atoms with van der Waals surface area (Å²) in [6.45, 7) is 4.38. The summed E-state index contributed by atoms with van der Waals surface area (Å²) >= 11 is 0. The van der Waals surface area contributed by atoms with E-state index in [9.17, 15) is 5.11 Å². The maximum atomic E-state index is 10.4. The zero-order valence-corrected chi connectivity index (χ0v) is 10.3. The summed E-state index contributed by atoms with van der Waals surface area (Å²) in [6.07, 6.45) is 4.70. The Morgan fingerprint density at radius 1 is 1.19 bits per heavy atom. The van der Waals surface area contributed by atoms with E-state index in [0.717, 1.165) is 11.5 Å². The molecule has 3 unspecified atom stereocenters. The van der Waals surface area contributed by atoms with Gasteiger partial charge in [0.05, 0.1) is 6.10 Å². The maximum Gasteiger partial charge on any atom is 0.0818 e. The van der Waals surface area contributed by atoms with Crippen LogP contribution in [0.4, 0.5) is 0 Å². The number of hydrogen-bond acceptors (Lipinski definition) is 1. The largest absolute Gasteiger partial charge is 0.388 e. The molecule has 1 saturated carbocycles. The fraction of sp³-hybridized carbons (Fsp3) is 0.600. The highest BCUT2D eigenvalue weighted by molar-refractivity contribution is 5.23. The van der Waals surface area contributed by atoms with Crippen LogP contribution in [-0.4, -0.2) is 5.11 Å². The van der Waals surface area contributed by atoms with Crippen molar-refractivity contribution in [3.8, 4) is 0 Å². The molecule has 0 heterocycles. The van der Waals surface area contributed by atoms with Gasteiger partial charge in [0.15, 0.2) is 0 Å². The Morgan fingerprint density at radius 3 is 2.50 bits per heavy atom. The van der Waals surface area contributed by atoms with Gasteiger partial charge in [-0.05, 0) is 37.2 Å². The van der Waals surface area contributed by atoms with Gasteiger partial charge in [-0.15, -0.1) is 0 Å². The van der Waals surface area contributed by atoms with Crippen molar-refractivity contribution in [2.75, 3.05) is 0 Å². The third kappa shape index (κ3) is 2.65. The molecule has 0 bridgehead atoms. The summed E-state index contributed by atoms with van der Waals surface area (Å²) in [5, 5.41) is 10.4. The summed E-state index contributed by atoms with van der Waals surface area (Å²) in [7, 11) is 0. The van der Waals surface area contributed by atoms with Gasteiger partial charge in [0.25, 0.3) is 0 Å². The molecule has 1 aliphatic rings. The van der Waals surface area contributed by atoms with Crippen LogP contribution in [0.2, 0.25) is 0 Å². The van der Waals surface area contributed by atoms with Crippen LogP contribution in [0.15, 0.2) is 24.3 Å². The SMILES string of the molecule is Cc1ccc(C(O)C2CCCC(C)C2)cc1. The van der Waals surface area contributed by atoms with Crippen molar-refractivity contribution < 1.29 is 5.11 Å². The molecule has 2 rings (SSSR count). The molecule has 1 nitrogen and oxygen atoms in total. The lowest BCUT2D eigenvalue weighted by Crippen LogP contribution is -2.20. The Labute approximate surface area is 98.5 Å². The van der Waals surface area contributed by atoms with Crippen molar-refractivity contribution in [1.82, 2.24) is 0 Å². The van der Waals surface area contributed by atoms with E-state index in [1.165, 1.54) is 31.2 Å². The van der Waals surface area contributed by atoms with Crippen molar-refractivity contribution in [2.45, 2.75) is 45.6 Å². The Kier molecular flexibility index (Phi) is 3.65. The van der Waals surface area contributed by atoms with Crippen molar-refractivity contribution >= 4 is 0 Å². The molecule has 1 aliphatic carbocycles. The van der Waals surface area contributed by atoms with E-state index >= 15 is 0 Å². The third-order valence-electron chi connectivity index (χ3n) is 3.84. The van der Waals surface area contributed by atoms with E-state index < -0.39 is 0 Å². The summed E-state index contributed by atoms with van der Waals surface area (Å²) < 4.78 is 0. The molecule has 1 fully saturated rings. The Morgan fingerprint density at radius 2 is 1.88 bits per heavy atom. The molecule has 88 valence electrons. The van der Waals surface area contributed by atoms with Gasteiger partial charge in [-0.3, -0.25) is 0 Å². The molecular formula is C15H22O. The smallest absolute Gasteiger partial charge is 0.0818 e. The molecule has 16 heavy (non-hydrogen) atoms. The quantitative estimate of drug-likeness (QED) is 0.799. The molecule has 0 radical (unpaired) electrons. The van der Waals surface area contributed by atoms with E-state index in [4.69, 9.17) is 0 Å². The van der Waals surface area contributed by atoms with Crippen molar-refractivity contribution in [3.63, 3.8) is 0 Å². The first-order chi connectivity index (χ1) is 7.66. The molecule has 0 aliphatic heterocycles. The van der Waals surface area contributed by atoms with Crippen LogP contribution in [0.3, 0.4) is 0 Å². The second kappa shape index (κ2) is 5.01. The molecule has 1 aromatic carbocycles. The standard InChI is InChI=1S/C15H22O/c1-11-6-8-13(9-7-11)15(16)14-5-3-4-12(2)10-14/h6-9,12,14-16H,3-5,10H2,1-2H3. The number of rotatable bonds is 2. The second-order valence-corrected chi connectivity index (χ2v) is 5.39. The zero-order valence-electron chi connectivity index (χ0n) is 10.3. The van der Waals surface area contributed by atoms with Gasteiger partial charge in [-0.2, -0.15) is 0 Å². The number of aliphatic hydroxyl groups is 1. The first-order valence-corrected chi connectivity index (χ1v) is 6.41. The first-order valence-electron chi connectivity index (χ1n) is 6.41. The van der Waals surface area contributed by atoms with E-state index in [1.807, 2.05) is 0 Å². The molecule has 1 aromatic rings. The normalized spacial score (nSPS) is 27.7. The lowest BCUT2D eigenvalue weighted by molar-refractivity contribution is 0.0714. The van der Waals surface area contributed by atoms with Crippen molar-refractivity contribution in [1.29, 1.82) is 0 Å². The van der Waals surface area contributed by atoms with Crippen LogP contribution in [-0.2, 0) is 0 Å². The average Bonchev–Trinajstić information content (AvgIpc) is 2.29. The van der Waals surface area contributed by atoms with Gasteiger partial charge in [0.2, 0.25) is 0 Å². The maximum absolute atomic E-state index is 10.4. The number of aliphatic hydroxyl groups excluding tert-OH is 1. The van der Waals surface area contributed by atoms with Crippen molar-refractivity contribution in [3.05, 3.63) is 35.4 Å². The molecule has 1 N–H and O–H groups in total. The van der Waals surface area contributed by atoms with Crippen molar-refractivity contribution in [2.24, 2.45) is 11.8 Å². The Balaban J connectivity index is 2.06. The number of hydrogen-bond donors (Lipinski definition) is 1. The molecule has 0 spiro atoms. The topological polar surface area (TPSA) is 20.2 Å². The van der Waals surface area contributed by atoms with Gasteiger partial charge < -0.3 is 5.11 Å². The molecule has 1 heteroatoms. The number of benzene rings is 1. The minimum Gasteiger partial charge on any atom is -0.388 e. The van der Waals surface area contributed by atoms with E-state index in [1.54, 1.807) is 0 Å². The van der Waals surface area contributed by atoms with Gasteiger partial charge in [-0.25, -0.2) is 0 Å². The predicted octanol–water partition coefficient (Wildman–Crippen LogP) is 3.85. The summed E-state index contributed by atoms with van der Waals surface area (Å²) in [4.78, 5) is 0. The highest BCUT2D eigenvalue weighted by Gasteiger charge is 2.26. The lowest BCUT2D eigenvalue weighted by atomic mass is 9.78. The van der Waals surface area contributed by atoms with E-state index in [-0.39, 0.29) is 6.10 Å². The summed E-state index contributed by atoms with van der Waals surface area (Å²) in [5.41, 5.74) is 2.35. The molecule has 0 aromatic heterocycles. The lowest BCUT2D eigenvalue weighted by Gasteiger charge is -2.30. The van der Waals surface area contributed by atoms with Crippen LogP contribution in [0.25, 0.3) is 0 Å². The van der Waals surface area contributed by atoms with Gasteiger partial charge >= 0.3 is 0 Å². The van der Waals surface area contributed by atoms with Crippen LogP contribution in [0, 0.1) is 18.8 Å². The molecule has 0 amide bonds. The van der Waals surface area contributed by atoms with Crippen LogP contribution >= 0.6 is 0 Å². The van der Waals surface area contributed by atoms with E-state index in [2.05, 4.69) is 38.1 Å². The van der Waals surface area contributed by atoms with Gasteiger partial charge in [0.1, 0.15) is 0 Å². The highest BCUT2D eigenvalue weighted by atomic mass is 16.3. The Bertz CT molecular complexity index is 328. The molecule has 3 atom stereocenters. The third-order valence-corrected chi connectivity index (χ3v) is 3.84. The second-order valence-electron chi connectivity index (χ2n) is 5.39. The fourth-order valence-electron chi connectivity index (χ4n) is 2.80. The zero-order chi connectivity index (χ0) is 11.5. The summed E-state index contributed by atoms with van der Waals surface area (Å²) in [5.74, 6) is 1.24. The Hall–Kier alpha value is -0.820. The first kappa shape index (κ1) is 11.7. The van der Waals surface area contributed by atoms with E-state index in [0.29, 0.717) is 5.92 Å². The predicted molar refractivity (Wildman–Crippen MR) is 67.3 cm³/mol. The minimum absolute atomic E-state index is 0.261. The van der Waals surface area contributed by atoms with Crippen LogP contribution in [0.5, 0.6) is 0 Å². The van der Waals surface area contributed by atoms with Gasteiger partial charge in [0, 0.05) is 0 Å². The molecule has 0 saturated heterocycles. The highest BCUT2D eigenvalue weighted by Crippen LogP contribution is 2.36. The van der Waals surface area contributed by atoms with Gasteiger partial charge in [-0.1, -0.05) is 49.6 Å². The van der Waals surface area contributed by atoms with Crippen LogP contribution in [0.1, 0.15) is 49.8 Å². The minimum atomic E-state index is -0.261. The monoisotopic (exact) mass is 218 g/mol. The van der Waals surface area contributed by atoms with Crippen LogP contribution < -0.4 is 0 Å². The number of aryl methyl sites for hydroxylation is 1. The average molecular weight is 218 g/mol. The summed E-state index contributed by atoms with van der Waals surface area (Å²) in [6, 6.07) is 8.31.